The minimum absolute atomic E-state index is 0.0415. The summed E-state index contributed by atoms with van der Waals surface area (Å²) < 4.78 is 11.2. The van der Waals surface area contributed by atoms with Gasteiger partial charge in [-0.3, -0.25) is 5.32 Å². The fourth-order valence-electron chi connectivity index (χ4n) is 3.18. The molecule has 0 bridgehead atoms. The smallest absolute Gasteiger partial charge is 0.240 e. The first kappa shape index (κ1) is 16.8. The van der Waals surface area contributed by atoms with Crippen LogP contribution in [0.4, 0.5) is 0 Å². The number of para-hydroxylation sites is 1. The number of aromatic nitrogens is 2. The SMILES string of the molecule is Cc1cccc(-c2noc(CNC3(CO)COc4ccccc4C3)n2)c1. The molecule has 4 rings (SSSR count). The Morgan fingerprint density at radius 3 is 2.92 bits per heavy atom. The predicted molar refractivity (Wildman–Crippen MR) is 96.8 cm³/mol. The van der Waals surface area contributed by atoms with Gasteiger partial charge in [-0.1, -0.05) is 47.1 Å². The van der Waals surface area contributed by atoms with E-state index in [-0.39, 0.29) is 6.61 Å². The standard InChI is InChI=1S/C20H21N3O3/c1-14-5-4-7-15(9-14)19-22-18(26-23-19)11-21-20(12-24)10-16-6-2-3-8-17(16)25-13-20/h2-9,21,24H,10-13H2,1H3. The van der Waals surface area contributed by atoms with Crippen LogP contribution in [0.1, 0.15) is 17.0 Å². The summed E-state index contributed by atoms with van der Waals surface area (Å²) >= 11 is 0. The van der Waals surface area contributed by atoms with E-state index in [1.807, 2.05) is 55.5 Å². The van der Waals surface area contributed by atoms with Gasteiger partial charge in [-0.2, -0.15) is 4.98 Å². The zero-order valence-corrected chi connectivity index (χ0v) is 14.6. The molecule has 1 aromatic heterocycles. The molecular weight excluding hydrogens is 330 g/mol. The normalized spacial score (nSPS) is 19.0. The Bertz CT molecular complexity index is 909. The van der Waals surface area contributed by atoms with Gasteiger partial charge in [-0.15, -0.1) is 0 Å². The number of aliphatic hydroxyl groups excluding tert-OH is 1. The van der Waals surface area contributed by atoms with Crippen molar-refractivity contribution in [2.75, 3.05) is 13.2 Å². The van der Waals surface area contributed by atoms with E-state index in [4.69, 9.17) is 9.26 Å². The first-order valence-electron chi connectivity index (χ1n) is 8.64. The van der Waals surface area contributed by atoms with Crippen LogP contribution in [0.2, 0.25) is 0 Å². The molecule has 1 aliphatic rings. The molecule has 26 heavy (non-hydrogen) atoms. The molecule has 0 radical (unpaired) electrons. The largest absolute Gasteiger partial charge is 0.491 e. The average Bonchev–Trinajstić information content (AvgIpc) is 3.15. The van der Waals surface area contributed by atoms with Crippen LogP contribution in [0.5, 0.6) is 5.75 Å². The Labute approximate surface area is 151 Å². The number of ether oxygens (including phenoxy) is 1. The number of aryl methyl sites for hydroxylation is 1. The van der Waals surface area contributed by atoms with Crippen molar-refractivity contribution in [3.63, 3.8) is 0 Å². The lowest BCUT2D eigenvalue weighted by atomic mass is 9.89. The minimum Gasteiger partial charge on any atom is -0.491 e. The molecule has 3 aromatic rings. The predicted octanol–water partition coefficient (Wildman–Crippen LogP) is 2.50. The molecule has 0 amide bonds. The summed E-state index contributed by atoms with van der Waals surface area (Å²) in [7, 11) is 0. The summed E-state index contributed by atoms with van der Waals surface area (Å²) in [4.78, 5) is 4.45. The van der Waals surface area contributed by atoms with Crippen LogP contribution in [0.25, 0.3) is 11.4 Å². The minimum atomic E-state index is -0.563. The summed E-state index contributed by atoms with van der Waals surface area (Å²) in [6, 6.07) is 15.9. The van der Waals surface area contributed by atoms with Crippen LogP contribution in [-0.4, -0.2) is 34.0 Å². The van der Waals surface area contributed by atoms with Crippen LogP contribution in [0.15, 0.2) is 53.1 Å². The van der Waals surface area contributed by atoms with E-state index in [9.17, 15) is 5.11 Å². The lowest BCUT2D eigenvalue weighted by molar-refractivity contribution is 0.0835. The van der Waals surface area contributed by atoms with Crippen LogP contribution >= 0.6 is 0 Å². The van der Waals surface area contributed by atoms with Crippen molar-refractivity contribution >= 4 is 0 Å². The molecule has 0 spiro atoms. The molecule has 0 saturated heterocycles. The highest BCUT2D eigenvalue weighted by Crippen LogP contribution is 2.29. The summed E-state index contributed by atoms with van der Waals surface area (Å²) in [5.41, 5.74) is 2.58. The number of nitrogens with zero attached hydrogens (tertiary/aromatic N) is 2. The maximum atomic E-state index is 9.95. The van der Waals surface area contributed by atoms with E-state index >= 15 is 0 Å². The number of aliphatic hydroxyl groups is 1. The number of benzene rings is 2. The number of hydrogen-bond donors (Lipinski definition) is 2. The van der Waals surface area contributed by atoms with Crippen molar-refractivity contribution in [2.45, 2.75) is 25.4 Å². The summed E-state index contributed by atoms with van der Waals surface area (Å²) in [5.74, 6) is 1.92. The highest BCUT2D eigenvalue weighted by Gasteiger charge is 2.35. The Balaban J connectivity index is 1.47. The van der Waals surface area contributed by atoms with Crippen LogP contribution in [0.3, 0.4) is 0 Å². The Kier molecular flexibility index (Phi) is 4.44. The Morgan fingerprint density at radius 2 is 2.08 bits per heavy atom. The quantitative estimate of drug-likeness (QED) is 0.735. The van der Waals surface area contributed by atoms with Crippen LogP contribution < -0.4 is 10.1 Å². The van der Waals surface area contributed by atoms with Gasteiger partial charge >= 0.3 is 0 Å². The second-order valence-corrected chi connectivity index (χ2v) is 6.75. The van der Waals surface area contributed by atoms with Crippen molar-refractivity contribution in [3.8, 4) is 17.1 Å². The fraction of sp³-hybridized carbons (Fsp3) is 0.300. The number of fused-ring (bicyclic) bond motifs is 1. The van der Waals surface area contributed by atoms with Crippen molar-refractivity contribution in [2.24, 2.45) is 0 Å². The van der Waals surface area contributed by atoms with Gasteiger partial charge in [-0.05, 0) is 31.0 Å². The fourth-order valence-corrected chi connectivity index (χ4v) is 3.18. The summed E-state index contributed by atoms with van der Waals surface area (Å²) in [6.45, 7) is 2.74. The van der Waals surface area contributed by atoms with E-state index < -0.39 is 5.54 Å². The van der Waals surface area contributed by atoms with Gasteiger partial charge < -0.3 is 14.4 Å². The Morgan fingerprint density at radius 1 is 1.19 bits per heavy atom. The molecule has 6 nitrogen and oxygen atoms in total. The highest BCUT2D eigenvalue weighted by atomic mass is 16.5. The third-order valence-electron chi connectivity index (χ3n) is 4.67. The molecule has 1 atom stereocenters. The molecule has 2 aromatic carbocycles. The van der Waals surface area contributed by atoms with Gasteiger partial charge in [0.05, 0.1) is 18.7 Å². The third kappa shape index (κ3) is 3.34. The lowest BCUT2D eigenvalue weighted by Crippen LogP contribution is -2.56. The molecule has 1 unspecified atom stereocenters. The van der Waals surface area contributed by atoms with Crippen LogP contribution in [0, 0.1) is 6.92 Å². The molecular formula is C20H21N3O3. The molecule has 6 heteroatoms. The number of rotatable bonds is 5. The van der Waals surface area contributed by atoms with Gasteiger partial charge in [0.1, 0.15) is 12.4 Å². The molecule has 2 heterocycles. The Hall–Kier alpha value is -2.70. The zero-order chi connectivity index (χ0) is 18.0. The number of hydrogen-bond acceptors (Lipinski definition) is 6. The van der Waals surface area contributed by atoms with Crippen molar-refractivity contribution in [1.82, 2.24) is 15.5 Å². The highest BCUT2D eigenvalue weighted by molar-refractivity contribution is 5.55. The van der Waals surface area contributed by atoms with E-state index in [1.54, 1.807) is 0 Å². The van der Waals surface area contributed by atoms with Gasteiger partial charge in [0.25, 0.3) is 0 Å². The van der Waals surface area contributed by atoms with Crippen molar-refractivity contribution in [3.05, 3.63) is 65.5 Å². The van der Waals surface area contributed by atoms with E-state index in [0.29, 0.717) is 31.3 Å². The van der Waals surface area contributed by atoms with Gasteiger partial charge in [-0.25, -0.2) is 0 Å². The first-order chi connectivity index (χ1) is 12.7. The zero-order valence-electron chi connectivity index (χ0n) is 14.6. The molecule has 2 N–H and O–H groups in total. The monoisotopic (exact) mass is 351 g/mol. The van der Waals surface area contributed by atoms with Crippen molar-refractivity contribution in [1.29, 1.82) is 0 Å². The first-order valence-corrected chi connectivity index (χ1v) is 8.64. The third-order valence-corrected chi connectivity index (χ3v) is 4.67. The van der Waals surface area contributed by atoms with E-state index in [2.05, 4.69) is 15.5 Å². The summed E-state index contributed by atoms with van der Waals surface area (Å²) in [6.07, 6.45) is 0.679. The summed E-state index contributed by atoms with van der Waals surface area (Å²) in [5, 5.41) is 17.4. The molecule has 1 aliphatic heterocycles. The maximum Gasteiger partial charge on any atom is 0.240 e. The second-order valence-electron chi connectivity index (χ2n) is 6.75. The van der Waals surface area contributed by atoms with Gasteiger partial charge in [0.15, 0.2) is 0 Å². The molecule has 0 aliphatic carbocycles. The second kappa shape index (κ2) is 6.90. The lowest BCUT2D eigenvalue weighted by Gasteiger charge is -2.37. The van der Waals surface area contributed by atoms with E-state index in [1.165, 1.54) is 0 Å². The van der Waals surface area contributed by atoms with Gasteiger partial charge in [0.2, 0.25) is 11.7 Å². The topological polar surface area (TPSA) is 80.4 Å². The van der Waals surface area contributed by atoms with Crippen molar-refractivity contribution < 1.29 is 14.4 Å². The molecule has 0 saturated carbocycles. The van der Waals surface area contributed by atoms with Crippen LogP contribution in [-0.2, 0) is 13.0 Å². The number of nitrogens with one attached hydrogen (secondary N) is 1. The molecule has 134 valence electrons. The van der Waals surface area contributed by atoms with Gasteiger partial charge in [0, 0.05) is 5.56 Å². The maximum absolute atomic E-state index is 9.95. The van der Waals surface area contributed by atoms with E-state index in [0.717, 1.165) is 22.4 Å². The average molecular weight is 351 g/mol. The molecule has 0 fully saturated rings.